The van der Waals surface area contributed by atoms with Gasteiger partial charge in [0.2, 0.25) is 0 Å². The van der Waals surface area contributed by atoms with E-state index >= 15 is 0 Å². The van der Waals surface area contributed by atoms with E-state index in [1.807, 2.05) is 6.08 Å². The Hall–Kier alpha value is -1.56. The molecular weight excluding hydrogens is 240 g/mol. The van der Waals surface area contributed by atoms with Crippen molar-refractivity contribution in [3.8, 4) is 0 Å². The summed E-state index contributed by atoms with van der Waals surface area (Å²) in [7, 11) is 0. The van der Waals surface area contributed by atoms with Crippen molar-refractivity contribution >= 4 is 11.1 Å². The Morgan fingerprint density at radius 2 is 2.05 bits per heavy atom. The molecule has 0 heteroatoms. The van der Waals surface area contributed by atoms with Crippen molar-refractivity contribution in [2.24, 2.45) is 0 Å². The van der Waals surface area contributed by atoms with Gasteiger partial charge in [-0.15, -0.1) is 6.58 Å². The van der Waals surface area contributed by atoms with Gasteiger partial charge in [0.1, 0.15) is 0 Å². The lowest BCUT2D eigenvalue weighted by Gasteiger charge is -2.18. The maximum absolute atomic E-state index is 3.93. The van der Waals surface area contributed by atoms with Gasteiger partial charge in [-0.3, -0.25) is 0 Å². The smallest absolute Gasteiger partial charge is 0.00551 e. The van der Waals surface area contributed by atoms with Crippen molar-refractivity contribution in [3.63, 3.8) is 0 Å². The zero-order chi connectivity index (χ0) is 14.9. The quantitative estimate of drug-likeness (QED) is 0.596. The minimum Gasteiger partial charge on any atom is -0.103 e. The summed E-state index contributed by atoms with van der Waals surface area (Å²) in [6.45, 7) is 15.1. The molecular formula is C20H26. The molecule has 0 aromatic heterocycles. The minimum absolute atomic E-state index is 0.958. The highest BCUT2D eigenvalue weighted by atomic mass is 14.3. The van der Waals surface area contributed by atoms with Crippen LogP contribution in [0.15, 0.2) is 30.4 Å². The highest BCUT2D eigenvalue weighted by molar-refractivity contribution is 5.82. The Morgan fingerprint density at radius 1 is 1.35 bits per heavy atom. The van der Waals surface area contributed by atoms with Crippen LogP contribution in [0.2, 0.25) is 0 Å². The monoisotopic (exact) mass is 266 g/mol. The number of fused-ring (bicyclic) bond motifs is 1. The van der Waals surface area contributed by atoms with Gasteiger partial charge in [-0.1, -0.05) is 24.6 Å². The second-order valence-corrected chi connectivity index (χ2v) is 5.81. The third-order valence-electron chi connectivity index (χ3n) is 4.69. The fourth-order valence-corrected chi connectivity index (χ4v) is 3.41. The third-order valence-corrected chi connectivity index (χ3v) is 4.69. The predicted octanol–water partition coefficient (Wildman–Crippen LogP) is 5.89. The first-order chi connectivity index (χ1) is 9.54. The Morgan fingerprint density at radius 3 is 2.60 bits per heavy atom. The SMILES string of the molecule is C=CCc1c(/C(C)=C\C)cc2c(c1C)CC(C)=C2CC. The molecule has 0 heterocycles. The lowest BCUT2D eigenvalue weighted by molar-refractivity contribution is 1.11. The summed E-state index contributed by atoms with van der Waals surface area (Å²) >= 11 is 0. The molecule has 1 aliphatic carbocycles. The molecule has 0 unspecified atom stereocenters. The average molecular weight is 266 g/mol. The van der Waals surface area contributed by atoms with Gasteiger partial charge >= 0.3 is 0 Å². The van der Waals surface area contributed by atoms with Crippen LogP contribution in [0.3, 0.4) is 0 Å². The molecule has 0 bridgehead atoms. The fraction of sp³-hybridized carbons (Fsp3) is 0.400. The van der Waals surface area contributed by atoms with Gasteiger partial charge < -0.3 is 0 Å². The Bertz CT molecular complexity index is 609. The van der Waals surface area contributed by atoms with Gasteiger partial charge in [0.15, 0.2) is 0 Å². The molecule has 0 fully saturated rings. The Balaban J connectivity index is 2.73. The molecule has 0 saturated carbocycles. The molecule has 1 aliphatic rings. The molecule has 2 rings (SSSR count). The molecule has 0 saturated heterocycles. The summed E-state index contributed by atoms with van der Waals surface area (Å²) in [5.41, 5.74) is 11.8. The third kappa shape index (κ3) is 2.28. The average Bonchev–Trinajstić information content (AvgIpc) is 2.76. The van der Waals surface area contributed by atoms with Gasteiger partial charge in [0.05, 0.1) is 0 Å². The maximum Gasteiger partial charge on any atom is -0.00551 e. The van der Waals surface area contributed by atoms with Crippen LogP contribution in [0.5, 0.6) is 0 Å². The van der Waals surface area contributed by atoms with E-state index in [9.17, 15) is 0 Å². The summed E-state index contributed by atoms with van der Waals surface area (Å²) in [5.74, 6) is 0. The highest BCUT2D eigenvalue weighted by Crippen LogP contribution is 2.40. The molecule has 0 atom stereocenters. The number of rotatable bonds is 4. The first-order valence-electron chi connectivity index (χ1n) is 7.63. The number of benzene rings is 1. The van der Waals surface area contributed by atoms with E-state index in [-0.39, 0.29) is 0 Å². The summed E-state index contributed by atoms with van der Waals surface area (Å²) in [6, 6.07) is 2.42. The van der Waals surface area contributed by atoms with E-state index < -0.39 is 0 Å². The first kappa shape index (κ1) is 14.8. The molecule has 1 aromatic carbocycles. The summed E-state index contributed by atoms with van der Waals surface area (Å²) < 4.78 is 0. The van der Waals surface area contributed by atoms with E-state index in [2.05, 4.69) is 53.3 Å². The Kier molecular flexibility index (Phi) is 4.32. The topological polar surface area (TPSA) is 0 Å². The fourth-order valence-electron chi connectivity index (χ4n) is 3.41. The molecule has 0 amide bonds. The van der Waals surface area contributed by atoms with Crippen molar-refractivity contribution in [1.29, 1.82) is 0 Å². The predicted molar refractivity (Wildman–Crippen MR) is 91.0 cm³/mol. The van der Waals surface area contributed by atoms with Crippen molar-refractivity contribution in [3.05, 3.63) is 58.2 Å². The van der Waals surface area contributed by atoms with Crippen molar-refractivity contribution in [2.75, 3.05) is 0 Å². The highest BCUT2D eigenvalue weighted by Gasteiger charge is 2.23. The number of hydrogen-bond donors (Lipinski definition) is 0. The van der Waals surface area contributed by atoms with E-state index in [0.29, 0.717) is 0 Å². The molecule has 0 aliphatic heterocycles. The van der Waals surface area contributed by atoms with Gasteiger partial charge in [-0.25, -0.2) is 0 Å². The maximum atomic E-state index is 3.93. The van der Waals surface area contributed by atoms with Crippen LogP contribution in [0.4, 0.5) is 0 Å². The van der Waals surface area contributed by atoms with Crippen LogP contribution in [0.1, 0.15) is 61.9 Å². The number of allylic oxidation sites excluding steroid dienone is 5. The second kappa shape index (κ2) is 5.83. The molecule has 0 nitrogen and oxygen atoms in total. The zero-order valence-corrected chi connectivity index (χ0v) is 13.6. The van der Waals surface area contributed by atoms with Crippen LogP contribution in [-0.4, -0.2) is 0 Å². The van der Waals surface area contributed by atoms with Crippen LogP contribution in [0.25, 0.3) is 11.1 Å². The van der Waals surface area contributed by atoms with E-state index in [0.717, 1.165) is 19.3 Å². The lowest BCUT2D eigenvalue weighted by atomic mass is 9.87. The van der Waals surface area contributed by atoms with Crippen LogP contribution in [0, 0.1) is 6.92 Å². The van der Waals surface area contributed by atoms with Crippen LogP contribution < -0.4 is 0 Å². The zero-order valence-electron chi connectivity index (χ0n) is 13.6. The van der Waals surface area contributed by atoms with E-state index in [1.54, 1.807) is 16.7 Å². The van der Waals surface area contributed by atoms with Gasteiger partial charge in [0, 0.05) is 0 Å². The van der Waals surface area contributed by atoms with Crippen LogP contribution >= 0.6 is 0 Å². The largest absolute Gasteiger partial charge is 0.103 e. The van der Waals surface area contributed by atoms with Crippen molar-refractivity contribution in [1.82, 2.24) is 0 Å². The molecule has 20 heavy (non-hydrogen) atoms. The Labute approximate surface area is 123 Å². The van der Waals surface area contributed by atoms with Crippen LogP contribution in [-0.2, 0) is 12.8 Å². The molecule has 1 aromatic rings. The molecule has 0 spiro atoms. The molecule has 0 N–H and O–H groups in total. The van der Waals surface area contributed by atoms with Crippen molar-refractivity contribution in [2.45, 2.75) is 53.9 Å². The summed E-state index contributed by atoms with van der Waals surface area (Å²) in [4.78, 5) is 0. The van der Waals surface area contributed by atoms with Gasteiger partial charge in [-0.05, 0) is 92.0 Å². The molecule has 0 radical (unpaired) electrons. The van der Waals surface area contributed by atoms with E-state index in [4.69, 9.17) is 0 Å². The minimum atomic E-state index is 0.958. The standard InChI is InChI=1S/C20H26/c1-7-10-17-15(6)19-11-14(5)16(9-3)20(19)12-18(17)13(4)8-2/h7-8,12H,1,9-11H2,2-6H3/b13-8-. The normalized spacial score (nSPS) is 14.8. The number of hydrogen-bond acceptors (Lipinski definition) is 0. The van der Waals surface area contributed by atoms with E-state index in [1.165, 1.54) is 27.8 Å². The summed E-state index contributed by atoms with van der Waals surface area (Å²) in [6.07, 6.45) is 7.46. The summed E-state index contributed by atoms with van der Waals surface area (Å²) in [5, 5.41) is 0. The van der Waals surface area contributed by atoms with Gasteiger partial charge in [-0.2, -0.15) is 0 Å². The lowest BCUT2D eigenvalue weighted by Crippen LogP contribution is -2.01. The second-order valence-electron chi connectivity index (χ2n) is 5.81. The van der Waals surface area contributed by atoms with Crippen molar-refractivity contribution < 1.29 is 0 Å². The first-order valence-corrected chi connectivity index (χ1v) is 7.63. The molecule has 106 valence electrons. The van der Waals surface area contributed by atoms with Gasteiger partial charge in [0.25, 0.3) is 0 Å².